The first-order valence-electron chi connectivity index (χ1n) is 25.0. The first-order chi connectivity index (χ1) is 29.9. The summed E-state index contributed by atoms with van der Waals surface area (Å²) in [7, 11) is 2.39. The first kappa shape index (κ1) is 40.7. The van der Waals surface area contributed by atoms with Gasteiger partial charge in [-0.25, -0.2) is 0 Å². The number of anilines is 1. The number of aromatic nitrogens is 1. The highest BCUT2D eigenvalue weighted by atomic mass is 16.5. The van der Waals surface area contributed by atoms with Crippen LogP contribution in [0.4, 0.5) is 5.69 Å². The van der Waals surface area contributed by atoms with E-state index < -0.39 is 0 Å². The summed E-state index contributed by atoms with van der Waals surface area (Å²) in [5.41, 5.74) is 18.4. The zero-order valence-corrected chi connectivity index (χ0v) is 39.5. The fourth-order valence-corrected chi connectivity index (χ4v) is 14.7. The molecule has 1 aromatic carbocycles. The summed E-state index contributed by atoms with van der Waals surface area (Å²) in [5, 5.41) is 0. The van der Waals surface area contributed by atoms with E-state index in [1.54, 1.807) is 22.3 Å². The topological polar surface area (TPSA) is 16.4 Å². The maximum atomic E-state index is 7.41. The molecule has 9 aliphatic rings. The molecule has 3 nitrogen and oxygen atoms in total. The van der Waals surface area contributed by atoms with Gasteiger partial charge in [0.05, 0.1) is 11.5 Å². The van der Waals surface area contributed by atoms with E-state index in [4.69, 9.17) is 4.74 Å². The number of ether oxygens (including phenoxy) is 1. The van der Waals surface area contributed by atoms with Crippen LogP contribution in [0.1, 0.15) is 148 Å². The van der Waals surface area contributed by atoms with Crippen molar-refractivity contribution in [2.75, 3.05) is 4.90 Å². The Labute approximate surface area is 374 Å². The maximum Gasteiger partial charge on any atom is 0.209 e. The van der Waals surface area contributed by atoms with Crippen molar-refractivity contribution in [1.29, 1.82) is 0 Å². The van der Waals surface area contributed by atoms with Crippen molar-refractivity contribution in [2.45, 2.75) is 156 Å². The Hall–Kier alpha value is -4.05. The molecular formula is C58H71BN2O+. The summed E-state index contributed by atoms with van der Waals surface area (Å²) in [4.78, 5) is 2.94. The van der Waals surface area contributed by atoms with Crippen LogP contribution >= 0.6 is 0 Å². The summed E-state index contributed by atoms with van der Waals surface area (Å²) < 4.78 is 10.2. The van der Waals surface area contributed by atoms with Gasteiger partial charge in [0.25, 0.3) is 0 Å². The van der Waals surface area contributed by atoms with Crippen LogP contribution in [0.15, 0.2) is 119 Å². The Morgan fingerprint density at radius 2 is 1.68 bits per heavy atom. The predicted molar refractivity (Wildman–Crippen MR) is 259 cm³/mol. The molecule has 0 spiro atoms. The number of para-hydroxylation sites is 1. The largest absolute Gasteiger partial charge is 0.493 e. The van der Waals surface area contributed by atoms with Crippen molar-refractivity contribution < 1.29 is 9.30 Å². The summed E-state index contributed by atoms with van der Waals surface area (Å²) >= 11 is 0. The van der Waals surface area contributed by atoms with E-state index in [2.05, 4.69) is 171 Å². The third-order valence-electron chi connectivity index (χ3n) is 18.1. The molecule has 2 aromatic rings. The van der Waals surface area contributed by atoms with Gasteiger partial charge in [-0.2, -0.15) is 4.57 Å². The average Bonchev–Trinajstić information content (AvgIpc) is 3.93. The fourth-order valence-electron chi connectivity index (χ4n) is 14.7. The Kier molecular flexibility index (Phi) is 9.51. The van der Waals surface area contributed by atoms with Crippen LogP contribution in [0.2, 0.25) is 6.82 Å². The summed E-state index contributed by atoms with van der Waals surface area (Å²) in [6.45, 7) is 24.3. The molecule has 1 aromatic heterocycles. The molecule has 62 heavy (non-hydrogen) atoms. The van der Waals surface area contributed by atoms with E-state index in [0.29, 0.717) is 41.5 Å². The molecule has 0 N–H and O–H groups in total. The molecule has 1 radical (unpaired) electrons. The zero-order chi connectivity index (χ0) is 43.0. The lowest BCUT2D eigenvalue weighted by Crippen LogP contribution is -2.74. The van der Waals surface area contributed by atoms with Gasteiger partial charge in [0.1, 0.15) is 11.9 Å². The maximum absolute atomic E-state index is 7.41. The number of allylic oxidation sites excluding steroid dienone is 11. The van der Waals surface area contributed by atoms with Crippen molar-refractivity contribution in [3.05, 3.63) is 141 Å². The Balaban J connectivity index is 1.14. The number of hydrogen-bond acceptors (Lipinski definition) is 2. The molecule has 9 atom stereocenters. The molecule has 1 fully saturated rings. The van der Waals surface area contributed by atoms with E-state index in [1.807, 2.05) is 0 Å². The molecule has 7 unspecified atom stereocenters. The molecule has 11 rings (SSSR count). The van der Waals surface area contributed by atoms with Gasteiger partial charge in [0, 0.05) is 52.8 Å². The minimum Gasteiger partial charge on any atom is -0.493 e. The number of pyridine rings is 1. The average molecular weight is 823 g/mol. The van der Waals surface area contributed by atoms with Crippen LogP contribution in [0.25, 0.3) is 5.57 Å². The second-order valence-corrected chi connectivity index (χ2v) is 22.2. The Morgan fingerprint density at radius 3 is 2.40 bits per heavy atom. The van der Waals surface area contributed by atoms with Crippen molar-refractivity contribution in [1.82, 2.24) is 0 Å². The van der Waals surface area contributed by atoms with Crippen LogP contribution in [-0.2, 0) is 16.7 Å². The van der Waals surface area contributed by atoms with Gasteiger partial charge in [-0.05, 0) is 132 Å². The lowest BCUT2D eigenvalue weighted by Gasteiger charge is -2.58. The second-order valence-electron chi connectivity index (χ2n) is 22.2. The quantitative estimate of drug-likeness (QED) is 0.142. The highest BCUT2D eigenvalue weighted by Crippen LogP contribution is 2.71. The Bertz CT molecular complexity index is 2470. The third kappa shape index (κ3) is 5.40. The highest BCUT2D eigenvalue weighted by Gasteiger charge is 2.73. The molecule has 0 saturated heterocycles. The smallest absolute Gasteiger partial charge is 0.209 e. The van der Waals surface area contributed by atoms with Crippen molar-refractivity contribution >= 4 is 24.0 Å². The van der Waals surface area contributed by atoms with Gasteiger partial charge in [0.15, 0.2) is 19.0 Å². The van der Waals surface area contributed by atoms with Crippen molar-refractivity contribution in [3.63, 3.8) is 0 Å². The summed E-state index contributed by atoms with van der Waals surface area (Å²) in [6, 6.07) is 10.1. The molecular weight excluding hydrogens is 751 g/mol. The van der Waals surface area contributed by atoms with Gasteiger partial charge < -0.3 is 9.64 Å². The van der Waals surface area contributed by atoms with Gasteiger partial charge in [0.2, 0.25) is 5.69 Å². The van der Waals surface area contributed by atoms with Gasteiger partial charge >= 0.3 is 0 Å². The van der Waals surface area contributed by atoms with Gasteiger partial charge in [-0.3, -0.25) is 0 Å². The predicted octanol–water partition coefficient (Wildman–Crippen LogP) is 12.9. The number of fused-ring (bicyclic) bond motifs is 12. The lowest BCUT2D eigenvalue weighted by atomic mass is 9.45. The van der Waals surface area contributed by atoms with E-state index in [1.165, 1.54) is 57.0 Å². The van der Waals surface area contributed by atoms with Crippen LogP contribution < -0.4 is 14.9 Å². The molecule has 1 saturated carbocycles. The molecule has 6 aliphatic carbocycles. The van der Waals surface area contributed by atoms with E-state index in [9.17, 15) is 0 Å². The minimum absolute atomic E-state index is 0.127. The van der Waals surface area contributed by atoms with E-state index in [-0.39, 0.29) is 28.4 Å². The molecule has 0 amide bonds. The lowest BCUT2D eigenvalue weighted by molar-refractivity contribution is -0.773. The van der Waals surface area contributed by atoms with E-state index in [0.717, 1.165) is 51.4 Å². The first-order valence-corrected chi connectivity index (χ1v) is 25.0. The zero-order valence-electron chi connectivity index (χ0n) is 39.5. The summed E-state index contributed by atoms with van der Waals surface area (Å²) in [6.07, 6.45) is 36.1. The number of benzene rings is 1. The molecule has 4 heterocycles. The van der Waals surface area contributed by atoms with Crippen LogP contribution in [0.3, 0.4) is 0 Å². The van der Waals surface area contributed by atoms with Crippen molar-refractivity contribution in [3.8, 4) is 0 Å². The van der Waals surface area contributed by atoms with Gasteiger partial charge in [-0.1, -0.05) is 129 Å². The van der Waals surface area contributed by atoms with Crippen LogP contribution in [0, 0.1) is 40.4 Å². The molecule has 3 aliphatic heterocycles. The summed E-state index contributed by atoms with van der Waals surface area (Å²) in [5.74, 6) is 3.98. The van der Waals surface area contributed by atoms with E-state index >= 15 is 0 Å². The Morgan fingerprint density at radius 1 is 0.919 bits per heavy atom. The molecule has 0 bridgehead atoms. The second kappa shape index (κ2) is 14.5. The third-order valence-corrected chi connectivity index (χ3v) is 18.1. The van der Waals surface area contributed by atoms with Gasteiger partial charge in [-0.15, -0.1) is 0 Å². The van der Waals surface area contributed by atoms with Crippen LogP contribution in [-0.4, -0.2) is 19.4 Å². The monoisotopic (exact) mass is 823 g/mol. The molecule has 321 valence electrons. The standard InChI is InChI=1S/C58H71BN2O/c1-11-56(7,8)31-36-30-48-41-21-13-16-25-44(41)57(9)45(32-58(57,12-2)60(48)33-46(36)59-10)50-43-29-28-40-39-20-15-18-27-49(39)62-55(40)52(43)54-51(50)42-22-14-17-26-47(42)61(54)53-37(34(3)4)23-19-24-38(53)35(5)6/h15-17,19-20,23-26,28-30,32-35,39,43,49-52,54H,11-14,18,21-22,27,31H2,1-10H3/q+1/t39?,43?,49?,50-,51+,52?,54?,57?,58?/m0/s1. The molecule has 4 heteroatoms. The fraction of sp³-hybridized carbons (Fsp3) is 0.534. The van der Waals surface area contributed by atoms with Crippen molar-refractivity contribution in [2.24, 2.45) is 40.4 Å². The highest BCUT2D eigenvalue weighted by molar-refractivity contribution is 6.52. The number of hydrogen-bond donors (Lipinski definition) is 0. The normalized spacial score (nSPS) is 33.5. The van der Waals surface area contributed by atoms with Crippen LogP contribution in [0.5, 0.6) is 0 Å². The SMILES string of the molecule is C[B]c1c[n+]2c(cc1CC(C)(C)CC)C1=C(C=CCC1)C1(C)C([C@@H]3C4C=CC5=C(OC6CCC=CC56)C4C4[C@@H]3C3=C(C=CCC3)N4c3c(C(C)C)cccc3C(C)C)=CC21CC. The minimum atomic E-state index is -0.133. The number of nitrogens with zero attached hydrogens (tertiary/aromatic N) is 2. The number of rotatable bonds is 9.